The fourth-order valence-corrected chi connectivity index (χ4v) is 2.71. The minimum Gasteiger partial charge on any atom is -0.372 e. The van der Waals surface area contributed by atoms with E-state index in [1.54, 1.807) is 0 Å². The zero-order chi connectivity index (χ0) is 13.2. The van der Waals surface area contributed by atoms with Crippen molar-refractivity contribution in [2.45, 2.75) is 57.3 Å². The normalized spacial score (nSPS) is 24.1. The van der Waals surface area contributed by atoms with Crippen LogP contribution in [0.5, 0.6) is 0 Å². The lowest BCUT2D eigenvalue weighted by atomic mass is 9.99. The highest BCUT2D eigenvalue weighted by Crippen LogP contribution is 2.31. The summed E-state index contributed by atoms with van der Waals surface area (Å²) in [7, 11) is 0. The molecular weight excluding hydrogens is 246 g/mol. The van der Waals surface area contributed by atoms with Crippen LogP contribution in [0.15, 0.2) is 24.3 Å². The van der Waals surface area contributed by atoms with Crippen LogP contribution in [-0.4, -0.2) is 17.7 Å². The molecule has 2 rings (SSSR count). The van der Waals surface area contributed by atoms with Gasteiger partial charge in [-0.2, -0.15) is 0 Å². The van der Waals surface area contributed by atoms with Gasteiger partial charge in [0.05, 0.1) is 11.7 Å². The Morgan fingerprint density at radius 1 is 1.39 bits per heavy atom. The Labute approximate surface area is 114 Å². The Hall–Kier alpha value is -0.570. The van der Waals surface area contributed by atoms with Gasteiger partial charge in [0.25, 0.3) is 0 Å². The van der Waals surface area contributed by atoms with Crippen molar-refractivity contribution in [2.75, 3.05) is 0 Å². The Bertz CT molecular complexity index is 388. The van der Waals surface area contributed by atoms with Gasteiger partial charge in [-0.3, -0.25) is 0 Å². The molecule has 1 aromatic carbocycles. The summed E-state index contributed by atoms with van der Waals surface area (Å²) < 4.78 is 5.98. The van der Waals surface area contributed by atoms with E-state index in [1.807, 2.05) is 24.3 Å². The first-order valence-corrected chi connectivity index (χ1v) is 7.00. The molecule has 0 aliphatic carbocycles. The van der Waals surface area contributed by atoms with Crippen LogP contribution in [0.2, 0.25) is 5.02 Å². The molecule has 1 saturated heterocycles. The van der Waals surface area contributed by atoms with E-state index < -0.39 is 0 Å². The predicted molar refractivity (Wildman–Crippen MR) is 75.9 cm³/mol. The number of rotatable bonds is 4. The molecule has 3 heteroatoms. The summed E-state index contributed by atoms with van der Waals surface area (Å²) in [6.07, 6.45) is 4.40. The van der Waals surface area contributed by atoms with Crippen LogP contribution in [0.25, 0.3) is 0 Å². The van der Waals surface area contributed by atoms with Gasteiger partial charge in [0.2, 0.25) is 0 Å². The molecule has 1 heterocycles. The van der Waals surface area contributed by atoms with Crippen LogP contribution < -0.4 is 5.73 Å². The van der Waals surface area contributed by atoms with Crippen LogP contribution >= 0.6 is 11.6 Å². The lowest BCUT2D eigenvalue weighted by Crippen LogP contribution is -2.29. The quantitative estimate of drug-likeness (QED) is 0.905. The first-order valence-electron chi connectivity index (χ1n) is 6.62. The van der Waals surface area contributed by atoms with E-state index in [-0.39, 0.29) is 11.6 Å². The van der Waals surface area contributed by atoms with Crippen LogP contribution in [0, 0.1) is 0 Å². The fraction of sp³-hybridized carbons (Fsp3) is 0.600. The number of nitrogens with two attached hydrogens (primary N) is 1. The molecule has 0 aromatic heterocycles. The van der Waals surface area contributed by atoms with Crippen molar-refractivity contribution in [1.82, 2.24) is 0 Å². The molecule has 18 heavy (non-hydrogen) atoms. The SMILES string of the molecule is CC1(C)CCC(CC(N)Cc2ccc(Cl)cc2)O1. The second-order valence-corrected chi connectivity index (χ2v) is 6.30. The summed E-state index contributed by atoms with van der Waals surface area (Å²) in [6, 6.07) is 8.07. The minimum absolute atomic E-state index is 0.0324. The number of ether oxygens (including phenoxy) is 1. The molecule has 2 unspecified atom stereocenters. The molecule has 1 aliphatic heterocycles. The van der Waals surface area contributed by atoms with Gasteiger partial charge in [-0.1, -0.05) is 23.7 Å². The number of hydrogen-bond donors (Lipinski definition) is 1. The average molecular weight is 268 g/mol. The van der Waals surface area contributed by atoms with E-state index in [2.05, 4.69) is 13.8 Å². The van der Waals surface area contributed by atoms with Crippen molar-refractivity contribution >= 4 is 11.6 Å². The monoisotopic (exact) mass is 267 g/mol. The summed E-state index contributed by atoms with van der Waals surface area (Å²) in [5.74, 6) is 0. The first kappa shape index (κ1) is 13.9. The Balaban J connectivity index is 1.82. The highest BCUT2D eigenvalue weighted by atomic mass is 35.5. The van der Waals surface area contributed by atoms with E-state index in [1.165, 1.54) is 5.56 Å². The van der Waals surface area contributed by atoms with Crippen molar-refractivity contribution in [3.05, 3.63) is 34.9 Å². The third-order valence-corrected chi connectivity index (χ3v) is 3.78. The van der Waals surface area contributed by atoms with Crippen molar-refractivity contribution < 1.29 is 4.74 Å². The standard InChI is InChI=1S/C15H22ClNO/c1-15(2)8-7-14(18-15)10-13(17)9-11-3-5-12(16)6-4-11/h3-6,13-14H,7-10,17H2,1-2H3. The van der Waals surface area contributed by atoms with Crippen LogP contribution in [0.3, 0.4) is 0 Å². The van der Waals surface area contributed by atoms with Gasteiger partial charge in [-0.05, 0) is 57.2 Å². The van der Waals surface area contributed by atoms with Crippen LogP contribution in [-0.2, 0) is 11.2 Å². The zero-order valence-electron chi connectivity index (χ0n) is 11.2. The number of benzene rings is 1. The third kappa shape index (κ3) is 3.98. The highest BCUT2D eigenvalue weighted by molar-refractivity contribution is 6.30. The Morgan fingerprint density at radius 2 is 2.06 bits per heavy atom. The molecule has 0 bridgehead atoms. The van der Waals surface area contributed by atoms with Gasteiger partial charge in [0.1, 0.15) is 0 Å². The van der Waals surface area contributed by atoms with E-state index in [0.717, 1.165) is 30.7 Å². The van der Waals surface area contributed by atoms with Gasteiger partial charge in [-0.15, -0.1) is 0 Å². The molecule has 2 N–H and O–H groups in total. The van der Waals surface area contributed by atoms with Gasteiger partial charge < -0.3 is 10.5 Å². The van der Waals surface area contributed by atoms with Gasteiger partial charge in [0, 0.05) is 11.1 Å². The maximum Gasteiger partial charge on any atom is 0.0631 e. The predicted octanol–water partition coefficient (Wildman–Crippen LogP) is 3.56. The molecule has 1 aliphatic rings. The van der Waals surface area contributed by atoms with Gasteiger partial charge >= 0.3 is 0 Å². The molecule has 1 aromatic rings. The fourth-order valence-electron chi connectivity index (χ4n) is 2.59. The Morgan fingerprint density at radius 3 is 2.61 bits per heavy atom. The van der Waals surface area contributed by atoms with Crippen molar-refractivity contribution in [2.24, 2.45) is 5.73 Å². The number of hydrogen-bond acceptors (Lipinski definition) is 2. The largest absolute Gasteiger partial charge is 0.372 e. The summed E-state index contributed by atoms with van der Waals surface area (Å²) >= 11 is 5.87. The second-order valence-electron chi connectivity index (χ2n) is 5.86. The van der Waals surface area contributed by atoms with E-state index in [4.69, 9.17) is 22.1 Å². The zero-order valence-corrected chi connectivity index (χ0v) is 11.9. The summed E-state index contributed by atoms with van der Waals surface area (Å²) in [5.41, 5.74) is 7.47. The van der Waals surface area contributed by atoms with E-state index >= 15 is 0 Å². The molecule has 1 fully saturated rings. The van der Waals surface area contributed by atoms with Crippen molar-refractivity contribution in [1.29, 1.82) is 0 Å². The molecule has 0 spiro atoms. The first-order chi connectivity index (χ1) is 8.44. The molecule has 0 saturated carbocycles. The van der Waals surface area contributed by atoms with Gasteiger partial charge in [0.15, 0.2) is 0 Å². The summed E-state index contributed by atoms with van der Waals surface area (Å²) in [4.78, 5) is 0. The van der Waals surface area contributed by atoms with E-state index in [0.29, 0.717) is 6.10 Å². The smallest absolute Gasteiger partial charge is 0.0631 e. The Kier molecular flexibility index (Phi) is 4.31. The van der Waals surface area contributed by atoms with Crippen LogP contribution in [0.4, 0.5) is 0 Å². The summed E-state index contributed by atoms with van der Waals surface area (Å²) in [5, 5.41) is 0.771. The lowest BCUT2D eigenvalue weighted by Gasteiger charge is -2.21. The van der Waals surface area contributed by atoms with Gasteiger partial charge in [-0.25, -0.2) is 0 Å². The second kappa shape index (κ2) is 5.60. The highest BCUT2D eigenvalue weighted by Gasteiger charge is 2.32. The lowest BCUT2D eigenvalue weighted by molar-refractivity contribution is -0.0205. The molecule has 0 radical (unpaired) electrons. The molecule has 0 amide bonds. The van der Waals surface area contributed by atoms with Crippen LogP contribution in [0.1, 0.15) is 38.7 Å². The van der Waals surface area contributed by atoms with Crippen molar-refractivity contribution in [3.63, 3.8) is 0 Å². The topological polar surface area (TPSA) is 35.2 Å². The van der Waals surface area contributed by atoms with E-state index in [9.17, 15) is 0 Å². The third-order valence-electron chi connectivity index (χ3n) is 3.53. The van der Waals surface area contributed by atoms with Crippen molar-refractivity contribution in [3.8, 4) is 0 Å². The maximum atomic E-state index is 6.20. The molecule has 2 nitrogen and oxygen atoms in total. The molecule has 100 valence electrons. The molecule has 2 atom stereocenters. The maximum absolute atomic E-state index is 6.20. The number of halogens is 1. The minimum atomic E-state index is 0.0324. The summed E-state index contributed by atoms with van der Waals surface area (Å²) in [6.45, 7) is 4.30. The molecular formula is C15H22ClNO. The average Bonchev–Trinajstić information content (AvgIpc) is 2.61.